The SMILES string of the molecule is CCN(CC)C(=O)c1cc(C(=O)O)cc(C(=O)OC)c1. The van der Waals surface area contributed by atoms with Gasteiger partial charge in [0.1, 0.15) is 0 Å². The molecule has 0 saturated carbocycles. The summed E-state index contributed by atoms with van der Waals surface area (Å²) in [7, 11) is 1.20. The molecule has 1 N–H and O–H groups in total. The fourth-order valence-electron chi connectivity index (χ4n) is 1.80. The molecule has 0 fully saturated rings. The molecule has 0 spiro atoms. The Balaban J connectivity index is 3.31. The molecule has 1 aromatic rings. The van der Waals surface area contributed by atoms with Gasteiger partial charge in [-0.2, -0.15) is 0 Å². The van der Waals surface area contributed by atoms with E-state index in [-0.39, 0.29) is 22.6 Å². The number of benzene rings is 1. The molecule has 0 aliphatic heterocycles. The Morgan fingerprint density at radius 1 is 1.05 bits per heavy atom. The first-order valence-corrected chi connectivity index (χ1v) is 6.20. The fourth-order valence-corrected chi connectivity index (χ4v) is 1.80. The number of carbonyl (C=O) groups is 3. The van der Waals surface area contributed by atoms with Gasteiger partial charge >= 0.3 is 11.9 Å². The summed E-state index contributed by atoms with van der Waals surface area (Å²) in [6, 6.07) is 3.79. The normalized spacial score (nSPS) is 9.95. The average Bonchev–Trinajstić information content (AvgIpc) is 2.46. The summed E-state index contributed by atoms with van der Waals surface area (Å²) in [6.45, 7) is 4.65. The molecule has 0 heterocycles. The van der Waals surface area contributed by atoms with E-state index in [2.05, 4.69) is 4.74 Å². The van der Waals surface area contributed by atoms with Crippen molar-refractivity contribution >= 4 is 17.8 Å². The number of amides is 1. The predicted octanol–water partition coefficient (Wildman–Crippen LogP) is 1.65. The van der Waals surface area contributed by atoms with Crippen LogP contribution < -0.4 is 0 Å². The van der Waals surface area contributed by atoms with Crippen LogP contribution in [0.2, 0.25) is 0 Å². The second-order valence-electron chi connectivity index (χ2n) is 4.07. The van der Waals surface area contributed by atoms with Gasteiger partial charge < -0.3 is 14.7 Å². The quantitative estimate of drug-likeness (QED) is 0.828. The molecule has 0 radical (unpaired) electrons. The predicted molar refractivity (Wildman–Crippen MR) is 72.0 cm³/mol. The molecule has 1 amide bonds. The highest BCUT2D eigenvalue weighted by Gasteiger charge is 2.18. The van der Waals surface area contributed by atoms with Crippen molar-refractivity contribution in [3.05, 3.63) is 34.9 Å². The number of methoxy groups -OCH3 is 1. The number of ether oxygens (including phenoxy) is 1. The Labute approximate surface area is 117 Å². The minimum atomic E-state index is -1.20. The van der Waals surface area contributed by atoms with E-state index >= 15 is 0 Å². The summed E-state index contributed by atoms with van der Waals surface area (Å²) in [4.78, 5) is 36.4. The third kappa shape index (κ3) is 3.34. The van der Waals surface area contributed by atoms with Crippen LogP contribution in [0, 0.1) is 0 Å². The van der Waals surface area contributed by atoms with E-state index in [4.69, 9.17) is 5.11 Å². The van der Waals surface area contributed by atoms with E-state index < -0.39 is 11.9 Å². The fraction of sp³-hybridized carbons (Fsp3) is 0.357. The van der Waals surface area contributed by atoms with Crippen LogP contribution in [0.5, 0.6) is 0 Å². The summed E-state index contributed by atoms with van der Waals surface area (Å²) >= 11 is 0. The largest absolute Gasteiger partial charge is 0.478 e. The zero-order chi connectivity index (χ0) is 15.3. The van der Waals surface area contributed by atoms with Crippen LogP contribution in [0.15, 0.2) is 18.2 Å². The zero-order valence-corrected chi connectivity index (χ0v) is 11.7. The van der Waals surface area contributed by atoms with E-state index in [1.54, 1.807) is 4.90 Å². The van der Waals surface area contributed by atoms with Crippen molar-refractivity contribution in [2.24, 2.45) is 0 Å². The van der Waals surface area contributed by atoms with Crippen molar-refractivity contribution in [1.82, 2.24) is 4.90 Å². The van der Waals surface area contributed by atoms with Crippen molar-refractivity contribution in [3.63, 3.8) is 0 Å². The maximum atomic E-state index is 12.2. The van der Waals surface area contributed by atoms with Gasteiger partial charge in [-0.15, -0.1) is 0 Å². The van der Waals surface area contributed by atoms with Gasteiger partial charge in [-0.05, 0) is 32.0 Å². The van der Waals surface area contributed by atoms with Gasteiger partial charge in [0.15, 0.2) is 0 Å². The van der Waals surface area contributed by atoms with Crippen molar-refractivity contribution in [3.8, 4) is 0 Å². The molecule has 6 heteroatoms. The molecule has 0 aliphatic rings. The first-order valence-electron chi connectivity index (χ1n) is 6.20. The van der Waals surface area contributed by atoms with E-state index in [1.165, 1.54) is 25.3 Å². The number of rotatable bonds is 5. The van der Waals surface area contributed by atoms with E-state index in [0.29, 0.717) is 13.1 Å². The number of hydrogen-bond donors (Lipinski definition) is 1. The van der Waals surface area contributed by atoms with Gasteiger partial charge in [0.25, 0.3) is 5.91 Å². The smallest absolute Gasteiger partial charge is 0.337 e. The first kappa shape index (κ1) is 15.7. The minimum Gasteiger partial charge on any atom is -0.478 e. The Morgan fingerprint density at radius 3 is 2.00 bits per heavy atom. The molecular formula is C14H17NO5. The summed E-state index contributed by atoms with van der Waals surface area (Å²) < 4.78 is 4.56. The molecular weight excluding hydrogens is 262 g/mol. The van der Waals surface area contributed by atoms with Crippen LogP contribution in [-0.4, -0.2) is 48.1 Å². The number of nitrogens with zero attached hydrogens (tertiary/aromatic N) is 1. The average molecular weight is 279 g/mol. The van der Waals surface area contributed by atoms with Crippen LogP contribution in [0.3, 0.4) is 0 Å². The molecule has 6 nitrogen and oxygen atoms in total. The highest BCUT2D eigenvalue weighted by molar-refractivity contribution is 6.01. The van der Waals surface area contributed by atoms with E-state index in [9.17, 15) is 14.4 Å². The molecule has 108 valence electrons. The number of carbonyl (C=O) groups excluding carboxylic acids is 2. The van der Waals surface area contributed by atoms with Crippen LogP contribution in [0.25, 0.3) is 0 Å². The van der Waals surface area contributed by atoms with Crippen LogP contribution >= 0.6 is 0 Å². The number of carboxylic acid groups (broad SMARTS) is 1. The molecule has 1 aromatic carbocycles. The molecule has 0 aliphatic carbocycles. The summed E-state index contributed by atoms with van der Waals surface area (Å²) in [5.41, 5.74) is 0.0836. The highest BCUT2D eigenvalue weighted by Crippen LogP contribution is 2.14. The number of esters is 1. The third-order valence-corrected chi connectivity index (χ3v) is 2.90. The first-order chi connectivity index (χ1) is 9.44. The van der Waals surface area contributed by atoms with Gasteiger partial charge in [-0.25, -0.2) is 9.59 Å². The minimum absolute atomic E-state index is 0.0444. The standard InChI is InChI=1S/C14H17NO5/c1-4-15(5-2)12(16)9-6-10(13(17)18)8-11(7-9)14(19)20-3/h6-8H,4-5H2,1-3H3,(H,17,18). The zero-order valence-electron chi connectivity index (χ0n) is 11.7. The second kappa shape index (κ2) is 6.70. The van der Waals surface area contributed by atoms with Crippen molar-refractivity contribution in [2.45, 2.75) is 13.8 Å². The second-order valence-corrected chi connectivity index (χ2v) is 4.07. The Bertz CT molecular complexity index is 534. The lowest BCUT2D eigenvalue weighted by Crippen LogP contribution is -2.30. The number of hydrogen-bond acceptors (Lipinski definition) is 4. The van der Waals surface area contributed by atoms with E-state index in [1.807, 2.05) is 13.8 Å². The maximum absolute atomic E-state index is 12.2. The van der Waals surface area contributed by atoms with Gasteiger partial charge in [-0.1, -0.05) is 0 Å². The van der Waals surface area contributed by atoms with Crippen molar-refractivity contribution in [2.75, 3.05) is 20.2 Å². The molecule has 0 atom stereocenters. The van der Waals surface area contributed by atoms with Gasteiger partial charge in [0.05, 0.1) is 18.2 Å². The van der Waals surface area contributed by atoms with Crippen molar-refractivity contribution in [1.29, 1.82) is 0 Å². The highest BCUT2D eigenvalue weighted by atomic mass is 16.5. The Kier molecular flexibility index (Phi) is 5.25. The summed E-state index contributed by atoms with van der Waals surface area (Å²) in [6.07, 6.45) is 0. The Hall–Kier alpha value is -2.37. The van der Waals surface area contributed by atoms with Crippen molar-refractivity contribution < 1.29 is 24.2 Å². The number of carboxylic acids is 1. The summed E-state index contributed by atoms with van der Waals surface area (Å²) in [5, 5.41) is 9.05. The van der Waals surface area contributed by atoms with E-state index in [0.717, 1.165) is 0 Å². The number of aromatic carboxylic acids is 1. The molecule has 0 bridgehead atoms. The van der Waals surface area contributed by atoms with Gasteiger partial charge in [0.2, 0.25) is 0 Å². The molecule has 0 saturated heterocycles. The Morgan fingerprint density at radius 2 is 1.55 bits per heavy atom. The molecule has 0 unspecified atom stereocenters. The maximum Gasteiger partial charge on any atom is 0.337 e. The van der Waals surface area contributed by atoms with Gasteiger partial charge in [0, 0.05) is 18.7 Å². The lowest BCUT2D eigenvalue weighted by atomic mass is 10.0. The van der Waals surface area contributed by atoms with Crippen LogP contribution in [0.1, 0.15) is 44.9 Å². The molecule has 0 aromatic heterocycles. The lowest BCUT2D eigenvalue weighted by Gasteiger charge is -2.19. The van der Waals surface area contributed by atoms with Crippen LogP contribution in [0.4, 0.5) is 0 Å². The van der Waals surface area contributed by atoms with Crippen LogP contribution in [-0.2, 0) is 4.74 Å². The third-order valence-electron chi connectivity index (χ3n) is 2.90. The molecule has 1 rings (SSSR count). The summed E-state index contributed by atoms with van der Waals surface area (Å²) in [5.74, 6) is -2.20. The monoisotopic (exact) mass is 279 g/mol. The molecule has 20 heavy (non-hydrogen) atoms. The van der Waals surface area contributed by atoms with Gasteiger partial charge in [-0.3, -0.25) is 4.79 Å². The lowest BCUT2D eigenvalue weighted by molar-refractivity contribution is 0.0600. The topological polar surface area (TPSA) is 83.9 Å².